The lowest BCUT2D eigenvalue weighted by Crippen LogP contribution is -2.42. The normalized spacial score (nSPS) is 16.7. The van der Waals surface area contributed by atoms with Crippen LogP contribution in [0.1, 0.15) is 54.4 Å². The molecule has 2 N–H and O–H groups in total. The molecule has 0 bridgehead atoms. The Balaban J connectivity index is 2.13. The van der Waals surface area contributed by atoms with E-state index >= 15 is 0 Å². The molecule has 0 aliphatic carbocycles. The maximum absolute atomic E-state index is 12.6. The molecule has 2 rings (SSSR count). The Bertz CT molecular complexity index is 514. The lowest BCUT2D eigenvalue weighted by Gasteiger charge is -2.30. The number of likely N-dealkylation sites (tertiary alicyclic amines) is 1. The lowest BCUT2D eigenvalue weighted by molar-refractivity contribution is -0.123. The molecule has 0 spiro atoms. The number of nitrogens with zero attached hydrogens (tertiary/aromatic N) is 2. The number of nitrogens with two attached hydrogens (primary N) is 1. The monoisotopic (exact) mass is 279 g/mol. The summed E-state index contributed by atoms with van der Waals surface area (Å²) < 4.78 is 5.26. The average Bonchev–Trinajstić information content (AvgIpc) is 2.80. The van der Waals surface area contributed by atoms with Gasteiger partial charge in [-0.1, -0.05) is 19.0 Å². The summed E-state index contributed by atoms with van der Waals surface area (Å²) in [5, 5.41) is 3.90. The van der Waals surface area contributed by atoms with Gasteiger partial charge in [0.15, 0.2) is 5.76 Å². The highest BCUT2D eigenvalue weighted by Gasteiger charge is 2.30. The van der Waals surface area contributed by atoms with E-state index in [9.17, 15) is 9.59 Å². The minimum absolute atomic E-state index is 0.0598. The molecule has 20 heavy (non-hydrogen) atoms. The van der Waals surface area contributed by atoms with E-state index in [0.29, 0.717) is 42.9 Å². The molecular weight excluding hydrogens is 258 g/mol. The van der Waals surface area contributed by atoms with Crippen LogP contribution < -0.4 is 5.73 Å². The van der Waals surface area contributed by atoms with Gasteiger partial charge < -0.3 is 15.2 Å². The minimum atomic E-state index is -0.277. The maximum Gasteiger partial charge on any atom is 0.259 e. The van der Waals surface area contributed by atoms with E-state index in [-0.39, 0.29) is 23.7 Å². The number of rotatable bonds is 3. The number of hydrogen-bond acceptors (Lipinski definition) is 4. The second kappa shape index (κ2) is 5.64. The van der Waals surface area contributed by atoms with E-state index in [0.717, 1.165) is 0 Å². The first kappa shape index (κ1) is 14.6. The summed E-state index contributed by atoms with van der Waals surface area (Å²) in [4.78, 5) is 25.5. The SMILES string of the molecule is Cc1noc(C(C)C)c1C(=O)N1CCC(C(N)=O)CC1. The number of piperidine rings is 1. The third kappa shape index (κ3) is 2.69. The van der Waals surface area contributed by atoms with E-state index < -0.39 is 0 Å². The number of carbonyl (C=O) groups is 2. The fourth-order valence-corrected chi connectivity index (χ4v) is 2.57. The van der Waals surface area contributed by atoms with Crippen molar-refractivity contribution in [3.63, 3.8) is 0 Å². The summed E-state index contributed by atoms with van der Waals surface area (Å²) in [7, 11) is 0. The van der Waals surface area contributed by atoms with Gasteiger partial charge in [-0.05, 0) is 19.8 Å². The molecule has 1 aromatic rings. The van der Waals surface area contributed by atoms with Gasteiger partial charge in [0.2, 0.25) is 5.91 Å². The van der Waals surface area contributed by atoms with Crippen LogP contribution in [0.25, 0.3) is 0 Å². The van der Waals surface area contributed by atoms with Gasteiger partial charge in [-0.2, -0.15) is 0 Å². The standard InChI is InChI=1S/C14H21N3O3/c1-8(2)12-11(9(3)16-20-12)14(19)17-6-4-10(5-7-17)13(15)18/h8,10H,4-7H2,1-3H3,(H2,15,18). The zero-order chi connectivity index (χ0) is 14.9. The number of amides is 2. The second-order valence-electron chi connectivity index (χ2n) is 5.63. The van der Waals surface area contributed by atoms with Crippen molar-refractivity contribution in [2.24, 2.45) is 11.7 Å². The molecule has 0 atom stereocenters. The fraction of sp³-hybridized carbons (Fsp3) is 0.643. The molecule has 0 aromatic carbocycles. The third-order valence-corrected chi connectivity index (χ3v) is 3.81. The van der Waals surface area contributed by atoms with E-state index in [1.807, 2.05) is 13.8 Å². The highest BCUT2D eigenvalue weighted by atomic mass is 16.5. The third-order valence-electron chi connectivity index (χ3n) is 3.81. The van der Waals surface area contributed by atoms with E-state index in [1.165, 1.54) is 0 Å². The van der Waals surface area contributed by atoms with Crippen LogP contribution in [0, 0.1) is 12.8 Å². The van der Waals surface area contributed by atoms with Crippen molar-refractivity contribution in [1.29, 1.82) is 0 Å². The van der Waals surface area contributed by atoms with Gasteiger partial charge in [-0.25, -0.2) is 0 Å². The van der Waals surface area contributed by atoms with E-state index in [4.69, 9.17) is 10.3 Å². The molecule has 2 amide bonds. The number of aryl methyl sites for hydroxylation is 1. The van der Waals surface area contributed by atoms with Crippen LogP contribution in [0.15, 0.2) is 4.52 Å². The molecule has 110 valence electrons. The Morgan fingerprint density at radius 2 is 1.95 bits per heavy atom. The van der Waals surface area contributed by atoms with Crippen molar-refractivity contribution in [2.75, 3.05) is 13.1 Å². The van der Waals surface area contributed by atoms with Crippen molar-refractivity contribution in [2.45, 2.75) is 39.5 Å². The second-order valence-corrected chi connectivity index (χ2v) is 5.63. The highest BCUT2D eigenvalue weighted by molar-refractivity contribution is 5.96. The Kier molecular flexibility index (Phi) is 4.11. The molecular formula is C14H21N3O3. The first-order valence-electron chi connectivity index (χ1n) is 6.96. The molecule has 1 fully saturated rings. The van der Waals surface area contributed by atoms with Gasteiger partial charge in [0, 0.05) is 24.9 Å². The summed E-state index contributed by atoms with van der Waals surface area (Å²) >= 11 is 0. The summed E-state index contributed by atoms with van der Waals surface area (Å²) in [5.41, 5.74) is 6.49. The Labute approximate surface area is 118 Å². The molecule has 6 nitrogen and oxygen atoms in total. The molecule has 1 aliphatic rings. The predicted octanol–water partition coefficient (Wildman–Crippen LogP) is 1.44. The van der Waals surface area contributed by atoms with Crippen LogP contribution in [-0.2, 0) is 4.79 Å². The van der Waals surface area contributed by atoms with Gasteiger partial charge in [-0.3, -0.25) is 9.59 Å². The lowest BCUT2D eigenvalue weighted by atomic mass is 9.95. The zero-order valence-corrected chi connectivity index (χ0v) is 12.2. The van der Waals surface area contributed by atoms with E-state index in [2.05, 4.69) is 5.16 Å². The Morgan fingerprint density at radius 1 is 1.35 bits per heavy atom. The van der Waals surface area contributed by atoms with Gasteiger partial charge >= 0.3 is 0 Å². The topological polar surface area (TPSA) is 89.4 Å². The summed E-state index contributed by atoms with van der Waals surface area (Å²) in [6.45, 7) is 6.81. The number of hydrogen-bond donors (Lipinski definition) is 1. The van der Waals surface area contributed by atoms with Gasteiger partial charge in [0.05, 0.1) is 5.69 Å². The summed E-state index contributed by atoms with van der Waals surface area (Å²) in [6.07, 6.45) is 1.25. The molecule has 0 unspecified atom stereocenters. The number of primary amides is 1. The van der Waals surface area contributed by atoms with Gasteiger partial charge in [-0.15, -0.1) is 0 Å². The van der Waals surface area contributed by atoms with Crippen molar-refractivity contribution >= 4 is 11.8 Å². The van der Waals surface area contributed by atoms with Crippen molar-refractivity contribution in [3.8, 4) is 0 Å². The van der Waals surface area contributed by atoms with Crippen LogP contribution in [0.4, 0.5) is 0 Å². The molecule has 1 aromatic heterocycles. The van der Waals surface area contributed by atoms with Crippen LogP contribution in [0.2, 0.25) is 0 Å². The van der Waals surface area contributed by atoms with Crippen LogP contribution in [0.5, 0.6) is 0 Å². The predicted molar refractivity (Wildman–Crippen MR) is 73.2 cm³/mol. The Hall–Kier alpha value is -1.85. The average molecular weight is 279 g/mol. The molecule has 0 saturated carbocycles. The molecule has 1 aliphatic heterocycles. The Morgan fingerprint density at radius 3 is 2.45 bits per heavy atom. The summed E-state index contributed by atoms with van der Waals surface area (Å²) in [6, 6.07) is 0. The maximum atomic E-state index is 12.6. The first-order chi connectivity index (χ1) is 9.41. The minimum Gasteiger partial charge on any atom is -0.369 e. The smallest absolute Gasteiger partial charge is 0.259 e. The number of carbonyl (C=O) groups excluding carboxylic acids is 2. The van der Waals surface area contributed by atoms with Crippen molar-refractivity contribution in [1.82, 2.24) is 10.1 Å². The zero-order valence-electron chi connectivity index (χ0n) is 12.2. The largest absolute Gasteiger partial charge is 0.369 e. The van der Waals surface area contributed by atoms with Crippen molar-refractivity contribution < 1.29 is 14.1 Å². The molecule has 2 heterocycles. The summed E-state index contributed by atoms with van der Waals surface area (Å²) in [5.74, 6) is 0.284. The van der Waals surface area contributed by atoms with Crippen LogP contribution >= 0.6 is 0 Å². The first-order valence-corrected chi connectivity index (χ1v) is 6.96. The fourth-order valence-electron chi connectivity index (χ4n) is 2.57. The molecule has 6 heteroatoms. The molecule has 1 saturated heterocycles. The van der Waals surface area contributed by atoms with Crippen LogP contribution in [0.3, 0.4) is 0 Å². The van der Waals surface area contributed by atoms with Crippen molar-refractivity contribution in [3.05, 3.63) is 17.0 Å². The van der Waals surface area contributed by atoms with E-state index in [1.54, 1.807) is 11.8 Å². The van der Waals surface area contributed by atoms with Gasteiger partial charge in [0.25, 0.3) is 5.91 Å². The quantitative estimate of drug-likeness (QED) is 0.906. The number of aromatic nitrogens is 1. The van der Waals surface area contributed by atoms with Gasteiger partial charge in [0.1, 0.15) is 5.56 Å². The molecule has 0 radical (unpaired) electrons. The highest BCUT2D eigenvalue weighted by Crippen LogP contribution is 2.26. The van der Waals surface area contributed by atoms with Crippen LogP contribution in [-0.4, -0.2) is 35.0 Å².